The van der Waals surface area contributed by atoms with E-state index in [1.165, 1.54) is 13.8 Å². The largest absolute Gasteiger partial charge is 0.391 e. The van der Waals surface area contributed by atoms with Gasteiger partial charge in [0.15, 0.2) is 0 Å². The zero-order valence-electron chi connectivity index (χ0n) is 6.10. The van der Waals surface area contributed by atoms with E-state index in [0.29, 0.717) is 0 Å². The first-order valence-electron chi connectivity index (χ1n) is 3.19. The van der Waals surface area contributed by atoms with Crippen LogP contribution in [-0.2, 0) is 0 Å². The van der Waals surface area contributed by atoms with Crippen LogP contribution in [0.15, 0.2) is 0 Å². The predicted molar refractivity (Wildman–Crippen MR) is 35.4 cm³/mol. The highest BCUT2D eigenvalue weighted by molar-refractivity contribution is 4.75. The minimum atomic E-state index is -1.28. The minimum absolute atomic E-state index is 1.02. The van der Waals surface area contributed by atoms with Crippen LogP contribution in [0.1, 0.15) is 13.8 Å². The van der Waals surface area contributed by atoms with Crippen molar-refractivity contribution in [3.8, 4) is 0 Å². The Morgan fingerprint density at radius 1 is 0.700 bits per heavy atom. The zero-order chi connectivity index (χ0) is 8.31. The Balaban J connectivity index is 3.81. The molecular formula is C6H14O4. The van der Waals surface area contributed by atoms with Crippen LogP contribution >= 0.6 is 0 Å². The summed E-state index contributed by atoms with van der Waals surface area (Å²) in [6.07, 6.45) is -4.60. The Bertz CT molecular complexity index is 79.7. The van der Waals surface area contributed by atoms with E-state index >= 15 is 0 Å². The predicted octanol–water partition coefficient (Wildman–Crippen LogP) is -1.53. The summed E-state index contributed by atoms with van der Waals surface area (Å²) in [6.45, 7) is 2.69. The zero-order valence-corrected chi connectivity index (χ0v) is 6.10. The first kappa shape index (κ1) is 9.84. The molecule has 0 radical (unpaired) electrons. The molecule has 0 amide bonds. The number of rotatable bonds is 3. The summed E-state index contributed by atoms with van der Waals surface area (Å²) in [4.78, 5) is 0. The van der Waals surface area contributed by atoms with Crippen molar-refractivity contribution < 1.29 is 20.4 Å². The highest BCUT2D eigenvalue weighted by Gasteiger charge is 2.24. The summed E-state index contributed by atoms with van der Waals surface area (Å²) >= 11 is 0. The van der Waals surface area contributed by atoms with Gasteiger partial charge in [-0.25, -0.2) is 0 Å². The molecule has 0 rings (SSSR count). The van der Waals surface area contributed by atoms with Gasteiger partial charge in [0.05, 0.1) is 12.2 Å². The molecule has 0 saturated carbocycles. The molecule has 0 fully saturated rings. The number of aliphatic hydroxyl groups is 4. The van der Waals surface area contributed by atoms with Gasteiger partial charge in [-0.3, -0.25) is 0 Å². The third-order valence-corrected chi connectivity index (χ3v) is 1.34. The Morgan fingerprint density at radius 3 is 1.00 bits per heavy atom. The van der Waals surface area contributed by atoms with Crippen molar-refractivity contribution in [2.24, 2.45) is 0 Å². The summed E-state index contributed by atoms with van der Waals surface area (Å²) in [5.41, 5.74) is 0. The molecule has 62 valence electrons. The van der Waals surface area contributed by atoms with Crippen LogP contribution in [-0.4, -0.2) is 44.8 Å². The summed E-state index contributed by atoms with van der Waals surface area (Å²) in [5, 5.41) is 35.2. The lowest BCUT2D eigenvalue weighted by atomic mass is 10.1. The second kappa shape index (κ2) is 3.88. The topological polar surface area (TPSA) is 80.9 Å². The normalized spacial score (nSPS) is 23.4. The van der Waals surface area contributed by atoms with E-state index in [9.17, 15) is 0 Å². The van der Waals surface area contributed by atoms with Crippen LogP contribution in [0.4, 0.5) is 0 Å². The third kappa shape index (κ3) is 2.62. The average molecular weight is 150 g/mol. The monoisotopic (exact) mass is 150 g/mol. The first-order valence-corrected chi connectivity index (χ1v) is 3.19. The molecule has 0 aliphatic rings. The van der Waals surface area contributed by atoms with E-state index in [2.05, 4.69) is 0 Å². The van der Waals surface area contributed by atoms with Crippen molar-refractivity contribution in [2.45, 2.75) is 38.3 Å². The molecule has 4 N–H and O–H groups in total. The molecule has 0 aromatic heterocycles. The SMILES string of the molecule is CC(O)C(O)C(O)[C@@H](C)O. The maximum absolute atomic E-state index is 8.91. The van der Waals surface area contributed by atoms with Crippen molar-refractivity contribution in [3.63, 3.8) is 0 Å². The third-order valence-electron chi connectivity index (χ3n) is 1.34. The van der Waals surface area contributed by atoms with Gasteiger partial charge < -0.3 is 20.4 Å². The van der Waals surface area contributed by atoms with Crippen molar-refractivity contribution in [2.75, 3.05) is 0 Å². The van der Waals surface area contributed by atoms with Gasteiger partial charge in [0.2, 0.25) is 0 Å². The van der Waals surface area contributed by atoms with Crippen molar-refractivity contribution >= 4 is 0 Å². The quantitative estimate of drug-likeness (QED) is 0.393. The second-order valence-corrected chi connectivity index (χ2v) is 2.46. The van der Waals surface area contributed by atoms with Gasteiger partial charge in [-0.05, 0) is 13.8 Å². The maximum atomic E-state index is 8.91. The van der Waals surface area contributed by atoms with Crippen LogP contribution in [0.5, 0.6) is 0 Å². The lowest BCUT2D eigenvalue weighted by molar-refractivity contribution is -0.0947. The van der Waals surface area contributed by atoms with Gasteiger partial charge in [0.25, 0.3) is 0 Å². The molecule has 0 spiro atoms. The molecule has 0 aromatic rings. The van der Waals surface area contributed by atoms with Crippen LogP contribution in [0, 0.1) is 0 Å². The molecule has 0 aliphatic heterocycles. The van der Waals surface area contributed by atoms with Crippen molar-refractivity contribution in [3.05, 3.63) is 0 Å². The maximum Gasteiger partial charge on any atom is 0.108 e. The molecule has 4 heteroatoms. The van der Waals surface area contributed by atoms with E-state index in [-0.39, 0.29) is 0 Å². The highest BCUT2D eigenvalue weighted by atomic mass is 16.4. The number of aliphatic hydroxyl groups excluding tert-OH is 4. The van der Waals surface area contributed by atoms with E-state index in [0.717, 1.165) is 0 Å². The molecular weight excluding hydrogens is 136 g/mol. The molecule has 0 aromatic carbocycles. The lowest BCUT2D eigenvalue weighted by Crippen LogP contribution is -2.41. The summed E-state index contributed by atoms with van der Waals surface area (Å²) in [6, 6.07) is 0. The summed E-state index contributed by atoms with van der Waals surface area (Å²) in [5.74, 6) is 0. The Labute approximate surface area is 59.7 Å². The average Bonchev–Trinajstić information content (AvgIpc) is 1.84. The van der Waals surface area contributed by atoms with Gasteiger partial charge in [-0.1, -0.05) is 0 Å². The Hall–Kier alpha value is -0.160. The second-order valence-electron chi connectivity index (χ2n) is 2.46. The summed E-state index contributed by atoms with van der Waals surface area (Å²) < 4.78 is 0. The first-order chi connectivity index (χ1) is 4.46. The van der Waals surface area contributed by atoms with Crippen molar-refractivity contribution in [1.82, 2.24) is 0 Å². The molecule has 0 aliphatic carbocycles. The molecule has 10 heavy (non-hydrogen) atoms. The van der Waals surface area contributed by atoms with Crippen LogP contribution < -0.4 is 0 Å². The van der Waals surface area contributed by atoms with Crippen molar-refractivity contribution in [1.29, 1.82) is 0 Å². The van der Waals surface area contributed by atoms with Gasteiger partial charge in [-0.2, -0.15) is 0 Å². The molecule has 0 saturated heterocycles. The van der Waals surface area contributed by atoms with Crippen LogP contribution in [0.2, 0.25) is 0 Å². The van der Waals surface area contributed by atoms with E-state index in [1.807, 2.05) is 0 Å². The molecule has 0 heterocycles. The molecule has 4 atom stereocenters. The van der Waals surface area contributed by atoms with E-state index < -0.39 is 24.4 Å². The fourth-order valence-corrected chi connectivity index (χ4v) is 0.571. The van der Waals surface area contributed by atoms with Gasteiger partial charge in [0.1, 0.15) is 12.2 Å². The van der Waals surface area contributed by atoms with Crippen LogP contribution in [0.3, 0.4) is 0 Å². The fourth-order valence-electron chi connectivity index (χ4n) is 0.571. The summed E-state index contributed by atoms with van der Waals surface area (Å²) in [7, 11) is 0. The smallest absolute Gasteiger partial charge is 0.108 e. The lowest BCUT2D eigenvalue weighted by Gasteiger charge is -2.21. The highest BCUT2D eigenvalue weighted by Crippen LogP contribution is 2.03. The number of hydrogen-bond acceptors (Lipinski definition) is 4. The molecule has 3 unspecified atom stereocenters. The molecule has 0 bridgehead atoms. The van der Waals surface area contributed by atoms with Gasteiger partial charge in [-0.15, -0.1) is 0 Å². The number of hydrogen-bond donors (Lipinski definition) is 4. The molecule has 4 nitrogen and oxygen atoms in total. The van der Waals surface area contributed by atoms with E-state index in [4.69, 9.17) is 20.4 Å². The van der Waals surface area contributed by atoms with Gasteiger partial charge >= 0.3 is 0 Å². The van der Waals surface area contributed by atoms with Gasteiger partial charge in [0, 0.05) is 0 Å². The fraction of sp³-hybridized carbons (Fsp3) is 1.00. The van der Waals surface area contributed by atoms with E-state index in [1.54, 1.807) is 0 Å². The Kier molecular flexibility index (Phi) is 3.81. The standard InChI is InChI=1S/C6H14O4/c1-3(7)5(9)6(10)4(2)8/h3-10H,1-2H3/t3-,4?,5?,6?/m1/s1. The Morgan fingerprint density at radius 2 is 0.900 bits per heavy atom. The minimum Gasteiger partial charge on any atom is -0.391 e. The van der Waals surface area contributed by atoms with Crippen LogP contribution in [0.25, 0.3) is 0 Å².